The minimum Gasteiger partial charge on any atom is -0.507 e. The zero-order valence-corrected chi connectivity index (χ0v) is 28.6. The number of benzene rings is 4. The van der Waals surface area contributed by atoms with Crippen LogP contribution in [0.2, 0.25) is 0 Å². The van der Waals surface area contributed by atoms with Gasteiger partial charge in [-0.05, 0) is 45.9 Å². The maximum absolute atomic E-state index is 12.1. The summed E-state index contributed by atoms with van der Waals surface area (Å²) < 4.78 is 0. The van der Waals surface area contributed by atoms with E-state index in [0.717, 1.165) is 34.4 Å². The number of nitrogens with zero attached hydrogens (tertiary/aromatic N) is 4. The van der Waals surface area contributed by atoms with Gasteiger partial charge in [0.25, 0.3) is 11.4 Å². The Labute approximate surface area is 280 Å². The fourth-order valence-corrected chi connectivity index (χ4v) is 5.69. The molecule has 4 aromatic carbocycles. The number of aromatic hydroxyl groups is 2. The molecule has 0 saturated carbocycles. The zero-order valence-electron chi connectivity index (χ0n) is 28.6. The van der Waals surface area contributed by atoms with Crippen molar-refractivity contribution in [2.24, 2.45) is 9.98 Å². The highest BCUT2D eigenvalue weighted by molar-refractivity contribution is 5.96. The summed E-state index contributed by atoms with van der Waals surface area (Å²) in [6.45, 7) is 16.3. The first-order chi connectivity index (χ1) is 22.6. The molecule has 10 heteroatoms. The number of nitro groups is 2. The molecule has 0 bridgehead atoms. The van der Waals surface area contributed by atoms with Gasteiger partial charge in [0.2, 0.25) is 0 Å². The largest absolute Gasteiger partial charge is 0.507 e. The lowest BCUT2D eigenvalue weighted by Gasteiger charge is -2.17. The van der Waals surface area contributed by atoms with E-state index in [1.807, 2.05) is 91.8 Å². The number of hydrogen-bond acceptors (Lipinski definition) is 8. The maximum atomic E-state index is 12.1. The normalized spacial score (nSPS) is 12.0. The van der Waals surface area contributed by atoms with Crippen LogP contribution in [-0.4, -0.2) is 32.5 Å². The van der Waals surface area contributed by atoms with Crippen molar-refractivity contribution in [3.8, 4) is 22.6 Å². The monoisotopic (exact) mass is 650 g/mol. The Bertz CT molecular complexity index is 1730. The van der Waals surface area contributed by atoms with Gasteiger partial charge in [-0.1, -0.05) is 91.8 Å². The van der Waals surface area contributed by atoms with Gasteiger partial charge in [-0.2, -0.15) is 0 Å². The molecule has 0 aliphatic carbocycles. The lowest BCUT2D eigenvalue weighted by molar-refractivity contribution is -0.385. The third kappa shape index (κ3) is 7.43. The third-order valence-corrected chi connectivity index (χ3v) is 8.31. The highest BCUT2D eigenvalue weighted by Gasteiger charge is 2.24. The summed E-state index contributed by atoms with van der Waals surface area (Å²) in [7, 11) is 0. The van der Waals surface area contributed by atoms with Gasteiger partial charge in [0, 0.05) is 58.9 Å². The van der Waals surface area contributed by atoms with Crippen LogP contribution in [0.15, 0.2) is 70.6 Å². The minimum absolute atomic E-state index is 0.0148. The fourth-order valence-electron chi connectivity index (χ4n) is 5.69. The van der Waals surface area contributed by atoms with Crippen molar-refractivity contribution in [3.63, 3.8) is 0 Å². The van der Waals surface area contributed by atoms with Crippen LogP contribution >= 0.6 is 0 Å². The Kier molecular flexibility index (Phi) is 10.8. The van der Waals surface area contributed by atoms with E-state index < -0.39 is 21.3 Å². The molecule has 0 amide bonds. The second kappa shape index (κ2) is 14.6. The molecule has 0 spiro atoms. The number of para-hydroxylation sites is 2. The van der Waals surface area contributed by atoms with Gasteiger partial charge in [0.05, 0.1) is 21.2 Å². The molecule has 4 rings (SSSR count). The van der Waals surface area contributed by atoms with Crippen LogP contribution in [-0.2, 0) is 0 Å². The van der Waals surface area contributed by atoms with E-state index in [0.29, 0.717) is 11.4 Å². The SMILES string of the molecule is CC(C)c1cccc(C(C)C)c1N=Cc1cc([N+](=O)[O-])cc(-c2cc([N+](=O)[O-])cc(C=Nc3c(C(C)C)cccc3C(C)C)c2O)c1O. The second-order valence-electron chi connectivity index (χ2n) is 13.1. The standard InChI is InChI=1S/C38H42N4O6/c1-21(2)29-11-9-12-30(22(3)4)35(29)39-19-25-15-27(41(45)46)17-33(37(25)43)34-18-28(42(47)48)16-26(38(34)44)20-40-36-31(23(5)6)13-10-14-32(36)24(7)8/h9-24,43-44H,1-8H3. The van der Waals surface area contributed by atoms with Crippen LogP contribution in [0.4, 0.5) is 22.7 Å². The van der Waals surface area contributed by atoms with E-state index in [2.05, 4.69) is 0 Å². The van der Waals surface area contributed by atoms with Gasteiger partial charge in [-0.3, -0.25) is 30.2 Å². The number of rotatable bonds is 11. The maximum Gasteiger partial charge on any atom is 0.270 e. The van der Waals surface area contributed by atoms with Crippen LogP contribution in [0, 0.1) is 20.2 Å². The number of hydrogen-bond donors (Lipinski definition) is 2. The van der Waals surface area contributed by atoms with Crippen LogP contribution in [0.3, 0.4) is 0 Å². The number of phenols is 2. The molecule has 0 atom stereocenters. The molecule has 0 radical (unpaired) electrons. The molecule has 0 aliphatic rings. The molecule has 0 unspecified atom stereocenters. The summed E-state index contributed by atoms with van der Waals surface area (Å²) in [6.07, 6.45) is 2.71. The van der Waals surface area contributed by atoms with Gasteiger partial charge >= 0.3 is 0 Å². The Balaban J connectivity index is 1.95. The van der Waals surface area contributed by atoms with Crippen molar-refractivity contribution in [3.05, 3.63) is 114 Å². The Morgan fingerprint density at radius 2 is 0.854 bits per heavy atom. The molecule has 10 nitrogen and oxygen atoms in total. The average Bonchev–Trinajstić information content (AvgIpc) is 3.03. The number of phenolic OH excluding ortho intramolecular Hbond substituents is 2. The smallest absolute Gasteiger partial charge is 0.270 e. The van der Waals surface area contributed by atoms with Gasteiger partial charge in [-0.25, -0.2) is 0 Å². The molecule has 4 aromatic rings. The van der Waals surface area contributed by atoms with Crippen LogP contribution < -0.4 is 0 Å². The molecule has 250 valence electrons. The lowest BCUT2D eigenvalue weighted by Crippen LogP contribution is -1.98. The molecule has 48 heavy (non-hydrogen) atoms. The number of non-ortho nitro benzene ring substituents is 2. The molecular formula is C38H42N4O6. The predicted molar refractivity (Wildman–Crippen MR) is 192 cm³/mol. The van der Waals surface area contributed by atoms with E-state index >= 15 is 0 Å². The summed E-state index contributed by atoms with van der Waals surface area (Å²) in [4.78, 5) is 32.3. The summed E-state index contributed by atoms with van der Waals surface area (Å²) in [5, 5.41) is 47.1. The lowest BCUT2D eigenvalue weighted by atomic mass is 9.93. The van der Waals surface area contributed by atoms with E-state index in [4.69, 9.17) is 9.98 Å². The van der Waals surface area contributed by atoms with E-state index in [-0.39, 0.29) is 57.3 Å². The van der Waals surface area contributed by atoms with Crippen LogP contribution in [0.1, 0.15) is 112 Å². The Hall–Kier alpha value is -5.38. The molecule has 0 saturated heterocycles. The van der Waals surface area contributed by atoms with Crippen molar-refractivity contribution in [2.45, 2.75) is 79.1 Å². The first-order valence-corrected chi connectivity index (χ1v) is 16.0. The number of nitro benzene ring substituents is 2. The molecule has 0 heterocycles. The highest BCUT2D eigenvalue weighted by atomic mass is 16.6. The van der Waals surface area contributed by atoms with Crippen molar-refractivity contribution in [1.82, 2.24) is 0 Å². The van der Waals surface area contributed by atoms with Crippen molar-refractivity contribution < 1.29 is 20.1 Å². The average molecular weight is 651 g/mol. The zero-order chi connectivity index (χ0) is 35.4. The molecule has 0 fully saturated rings. The fraction of sp³-hybridized carbons (Fsp3) is 0.316. The molecule has 0 aliphatic heterocycles. The van der Waals surface area contributed by atoms with Crippen molar-refractivity contribution in [2.75, 3.05) is 0 Å². The second-order valence-corrected chi connectivity index (χ2v) is 13.1. The summed E-state index contributed by atoms with van der Waals surface area (Å²) >= 11 is 0. The van der Waals surface area contributed by atoms with Crippen LogP contribution in [0.25, 0.3) is 11.1 Å². The highest BCUT2D eigenvalue weighted by Crippen LogP contribution is 2.44. The predicted octanol–water partition coefficient (Wildman–Crippen LogP) is 10.6. The summed E-state index contributed by atoms with van der Waals surface area (Å²) in [5.74, 6) is -0.314. The Morgan fingerprint density at radius 1 is 0.562 bits per heavy atom. The van der Waals surface area contributed by atoms with Crippen molar-refractivity contribution >= 4 is 35.2 Å². The first kappa shape index (κ1) is 35.5. The van der Waals surface area contributed by atoms with Gasteiger partial charge in [0.1, 0.15) is 11.5 Å². The summed E-state index contributed by atoms with van der Waals surface area (Å²) in [5.41, 5.74) is 4.24. The van der Waals surface area contributed by atoms with Crippen molar-refractivity contribution in [1.29, 1.82) is 0 Å². The molecule has 0 aromatic heterocycles. The van der Waals surface area contributed by atoms with E-state index in [9.17, 15) is 30.4 Å². The van der Waals surface area contributed by atoms with E-state index in [1.165, 1.54) is 24.6 Å². The van der Waals surface area contributed by atoms with Crippen LogP contribution in [0.5, 0.6) is 11.5 Å². The molecular weight excluding hydrogens is 608 g/mol. The minimum atomic E-state index is -0.630. The first-order valence-electron chi connectivity index (χ1n) is 16.0. The summed E-state index contributed by atoms with van der Waals surface area (Å²) in [6, 6.07) is 16.3. The quantitative estimate of drug-likeness (QED) is 0.0936. The topological polar surface area (TPSA) is 151 Å². The van der Waals surface area contributed by atoms with Gasteiger partial charge in [0.15, 0.2) is 0 Å². The third-order valence-electron chi connectivity index (χ3n) is 8.31. The van der Waals surface area contributed by atoms with Gasteiger partial charge in [-0.15, -0.1) is 0 Å². The number of aliphatic imine (C=N–C) groups is 2. The van der Waals surface area contributed by atoms with Gasteiger partial charge < -0.3 is 10.2 Å². The molecule has 2 N–H and O–H groups in total. The Morgan fingerprint density at radius 3 is 1.10 bits per heavy atom. The van der Waals surface area contributed by atoms with E-state index in [1.54, 1.807) is 0 Å².